The molecule has 2 atom stereocenters. The molecule has 1 aliphatic heterocycles. The lowest BCUT2D eigenvalue weighted by molar-refractivity contribution is 0.0507. The summed E-state index contributed by atoms with van der Waals surface area (Å²) in [6.07, 6.45) is -0.382. The molecule has 0 spiro atoms. The zero-order valence-corrected chi connectivity index (χ0v) is 17.8. The zero-order valence-electron chi connectivity index (χ0n) is 17.0. The van der Waals surface area contributed by atoms with Crippen LogP contribution < -0.4 is 10.6 Å². The number of nitrogens with zero attached hydrogens (tertiary/aromatic N) is 2. The van der Waals surface area contributed by atoms with E-state index < -0.39 is 17.8 Å². The molecule has 0 saturated carbocycles. The van der Waals surface area contributed by atoms with E-state index in [2.05, 4.69) is 20.5 Å². The molecule has 0 aliphatic carbocycles. The fourth-order valence-electron chi connectivity index (χ4n) is 2.99. The number of amides is 1. The third kappa shape index (κ3) is 6.87. The number of aliphatic hydroxyl groups excluding tert-OH is 1. The number of alkyl carbamates (subject to hydrolysis) is 1. The van der Waals surface area contributed by atoms with Crippen LogP contribution in [0.4, 0.5) is 4.79 Å². The smallest absolute Gasteiger partial charge is 0.407 e. The van der Waals surface area contributed by atoms with Crippen molar-refractivity contribution in [3.8, 4) is 0 Å². The summed E-state index contributed by atoms with van der Waals surface area (Å²) in [5.74, 6) is 0.710. The zero-order chi connectivity index (χ0) is 20.7. The molecule has 28 heavy (non-hydrogen) atoms. The summed E-state index contributed by atoms with van der Waals surface area (Å²) in [6, 6.07) is 7.21. The average molecular weight is 411 g/mol. The first-order valence-electron chi connectivity index (χ1n) is 9.65. The van der Waals surface area contributed by atoms with E-state index in [1.54, 1.807) is 12.1 Å². The van der Waals surface area contributed by atoms with E-state index in [0.717, 1.165) is 13.0 Å². The first kappa shape index (κ1) is 22.3. The third-order valence-electron chi connectivity index (χ3n) is 4.22. The van der Waals surface area contributed by atoms with E-state index in [1.807, 2.05) is 39.8 Å². The molecule has 1 aromatic rings. The van der Waals surface area contributed by atoms with Gasteiger partial charge in [-0.3, -0.25) is 4.99 Å². The van der Waals surface area contributed by atoms with Gasteiger partial charge in [0.05, 0.1) is 12.6 Å². The molecule has 1 heterocycles. The molecule has 8 heteroatoms. The van der Waals surface area contributed by atoms with E-state index >= 15 is 0 Å². The standard InChI is InChI=1S/C20H31ClN4O3/c1-5-22-18(23-12-17(26)15-8-6-7-9-16(15)21)25-11-10-14(13-25)24-19(27)28-20(2,3)4/h6-9,14,17,26H,5,10-13H2,1-4H3,(H,22,23)(H,24,27). The van der Waals surface area contributed by atoms with Crippen molar-refractivity contribution in [3.05, 3.63) is 34.9 Å². The number of nitrogens with one attached hydrogen (secondary N) is 2. The van der Waals surface area contributed by atoms with Crippen LogP contribution in [0.3, 0.4) is 0 Å². The molecule has 0 radical (unpaired) electrons. The van der Waals surface area contributed by atoms with Crippen LogP contribution in [0, 0.1) is 0 Å². The number of hydrogen-bond donors (Lipinski definition) is 3. The number of likely N-dealkylation sites (tertiary alicyclic amines) is 1. The summed E-state index contributed by atoms with van der Waals surface area (Å²) in [5, 5.41) is 17.1. The van der Waals surface area contributed by atoms with Crippen LogP contribution >= 0.6 is 11.6 Å². The van der Waals surface area contributed by atoms with Crippen LogP contribution in [0.1, 0.15) is 45.8 Å². The highest BCUT2D eigenvalue weighted by molar-refractivity contribution is 6.31. The van der Waals surface area contributed by atoms with Gasteiger partial charge in [0.15, 0.2) is 5.96 Å². The van der Waals surface area contributed by atoms with Crippen LogP contribution in [0.25, 0.3) is 0 Å². The minimum atomic E-state index is -0.777. The second-order valence-corrected chi connectivity index (χ2v) is 8.22. The molecular weight excluding hydrogens is 380 g/mol. The van der Waals surface area contributed by atoms with Crippen molar-refractivity contribution in [3.63, 3.8) is 0 Å². The van der Waals surface area contributed by atoms with Crippen LogP contribution in [0.2, 0.25) is 5.02 Å². The van der Waals surface area contributed by atoms with E-state index in [4.69, 9.17) is 16.3 Å². The molecule has 1 amide bonds. The monoisotopic (exact) mass is 410 g/mol. The predicted octanol–water partition coefficient (Wildman–Crippen LogP) is 2.94. The first-order chi connectivity index (χ1) is 13.2. The first-order valence-corrected chi connectivity index (χ1v) is 10.0. The molecule has 2 unspecified atom stereocenters. The van der Waals surface area contributed by atoms with Gasteiger partial charge in [0.25, 0.3) is 0 Å². The second kappa shape index (κ2) is 9.98. The molecule has 0 bridgehead atoms. The van der Waals surface area contributed by atoms with Crippen LogP contribution in [-0.2, 0) is 4.74 Å². The van der Waals surface area contributed by atoms with Gasteiger partial charge in [-0.1, -0.05) is 29.8 Å². The number of aliphatic imine (C=N–C) groups is 1. The lowest BCUT2D eigenvalue weighted by Crippen LogP contribution is -2.44. The van der Waals surface area contributed by atoms with Crippen molar-refractivity contribution in [2.45, 2.75) is 51.9 Å². The highest BCUT2D eigenvalue weighted by Gasteiger charge is 2.28. The Kier molecular flexibility index (Phi) is 7.95. The summed E-state index contributed by atoms with van der Waals surface area (Å²) in [4.78, 5) is 18.6. The average Bonchev–Trinajstić information content (AvgIpc) is 3.05. The lowest BCUT2D eigenvalue weighted by Gasteiger charge is -2.23. The van der Waals surface area contributed by atoms with Crippen molar-refractivity contribution in [1.82, 2.24) is 15.5 Å². The van der Waals surface area contributed by atoms with E-state index in [0.29, 0.717) is 29.6 Å². The predicted molar refractivity (Wildman–Crippen MR) is 112 cm³/mol. The SMILES string of the molecule is CCNC(=NCC(O)c1ccccc1Cl)N1CCC(NC(=O)OC(C)(C)C)C1. The normalized spacial score (nSPS) is 18.7. The van der Waals surface area contributed by atoms with Crippen molar-refractivity contribution in [2.75, 3.05) is 26.2 Å². The maximum atomic E-state index is 12.0. The fourth-order valence-corrected chi connectivity index (χ4v) is 3.25. The number of carbonyl (C=O) groups is 1. The Labute approximate surface area is 172 Å². The number of ether oxygens (including phenoxy) is 1. The fraction of sp³-hybridized carbons (Fsp3) is 0.600. The van der Waals surface area contributed by atoms with Gasteiger partial charge in [0, 0.05) is 30.2 Å². The molecule has 0 aromatic heterocycles. The maximum Gasteiger partial charge on any atom is 0.407 e. The molecule has 1 fully saturated rings. The van der Waals surface area contributed by atoms with Crippen molar-refractivity contribution < 1.29 is 14.6 Å². The van der Waals surface area contributed by atoms with Crippen molar-refractivity contribution >= 4 is 23.7 Å². The summed E-state index contributed by atoms with van der Waals surface area (Å²) in [5.41, 5.74) is 0.141. The Bertz CT molecular complexity index is 690. The number of aliphatic hydroxyl groups is 1. The van der Waals surface area contributed by atoms with Crippen LogP contribution in [0.5, 0.6) is 0 Å². The van der Waals surface area contributed by atoms with Gasteiger partial charge in [-0.15, -0.1) is 0 Å². The number of hydrogen-bond acceptors (Lipinski definition) is 4. The van der Waals surface area contributed by atoms with Gasteiger partial charge in [0.1, 0.15) is 11.7 Å². The molecule has 156 valence electrons. The van der Waals surface area contributed by atoms with Gasteiger partial charge in [-0.25, -0.2) is 4.79 Å². The maximum absolute atomic E-state index is 12.0. The van der Waals surface area contributed by atoms with Gasteiger partial charge < -0.3 is 25.4 Å². The Balaban J connectivity index is 1.95. The minimum Gasteiger partial charge on any atom is -0.444 e. The lowest BCUT2D eigenvalue weighted by atomic mass is 10.1. The number of guanidine groups is 1. The molecule has 3 N–H and O–H groups in total. The summed E-state index contributed by atoms with van der Waals surface area (Å²) < 4.78 is 5.32. The second-order valence-electron chi connectivity index (χ2n) is 7.81. The molecule has 7 nitrogen and oxygen atoms in total. The van der Waals surface area contributed by atoms with E-state index in [9.17, 15) is 9.90 Å². The molecule has 1 saturated heterocycles. The van der Waals surface area contributed by atoms with Crippen LogP contribution in [-0.4, -0.2) is 59.9 Å². The largest absolute Gasteiger partial charge is 0.444 e. The quantitative estimate of drug-likeness (QED) is 0.513. The highest BCUT2D eigenvalue weighted by Crippen LogP contribution is 2.22. The molecule has 1 aromatic carbocycles. The number of rotatable bonds is 5. The number of carbonyl (C=O) groups excluding carboxylic acids is 1. The van der Waals surface area contributed by atoms with Gasteiger partial charge >= 0.3 is 6.09 Å². The Morgan fingerprint density at radius 2 is 2.14 bits per heavy atom. The summed E-state index contributed by atoms with van der Waals surface area (Å²) >= 11 is 6.15. The summed E-state index contributed by atoms with van der Waals surface area (Å²) in [6.45, 7) is 9.82. The molecular formula is C20H31ClN4O3. The minimum absolute atomic E-state index is 0.00722. The van der Waals surface area contributed by atoms with Gasteiger partial charge in [-0.05, 0) is 40.2 Å². The molecule has 1 aliphatic rings. The van der Waals surface area contributed by atoms with Crippen molar-refractivity contribution in [1.29, 1.82) is 0 Å². The van der Waals surface area contributed by atoms with Gasteiger partial charge in [0.2, 0.25) is 0 Å². The van der Waals surface area contributed by atoms with Crippen molar-refractivity contribution in [2.24, 2.45) is 4.99 Å². The Hall–Kier alpha value is -1.99. The number of halogens is 1. The summed E-state index contributed by atoms with van der Waals surface area (Å²) in [7, 11) is 0. The van der Waals surface area contributed by atoms with Gasteiger partial charge in [-0.2, -0.15) is 0 Å². The number of benzene rings is 1. The Morgan fingerprint density at radius 1 is 1.43 bits per heavy atom. The Morgan fingerprint density at radius 3 is 2.79 bits per heavy atom. The van der Waals surface area contributed by atoms with Crippen LogP contribution in [0.15, 0.2) is 29.3 Å². The third-order valence-corrected chi connectivity index (χ3v) is 4.57. The van der Waals surface area contributed by atoms with E-state index in [1.165, 1.54) is 0 Å². The van der Waals surface area contributed by atoms with E-state index in [-0.39, 0.29) is 12.6 Å². The topological polar surface area (TPSA) is 86.2 Å². The molecule has 2 rings (SSSR count). The highest BCUT2D eigenvalue weighted by atomic mass is 35.5.